The van der Waals surface area contributed by atoms with Gasteiger partial charge >= 0.3 is 5.97 Å². The summed E-state index contributed by atoms with van der Waals surface area (Å²) in [5, 5.41) is 18.5. The van der Waals surface area contributed by atoms with Gasteiger partial charge in [0.05, 0.1) is 12.4 Å². The van der Waals surface area contributed by atoms with E-state index in [9.17, 15) is 24.3 Å². The molecule has 3 rings (SSSR count). The highest BCUT2D eigenvalue weighted by atomic mass is 32.1. The van der Waals surface area contributed by atoms with Gasteiger partial charge in [-0.1, -0.05) is 32.0 Å². The lowest BCUT2D eigenvalue weighted by Crippen LogP contribution is -2.58. The van der Waals surface area contributed by atoms with Crippen LogP contribution in [0.4, 0.5) is 0 Å². The first-order chi connectivity index (χ1) is 18.6. The van der Waals surface area contributed by atoms with Crippen molar-refractivity contribution in [3.8, 4) is 0 Å². The van der Waals surface area contributed by atoms with Gasteiger partial charge in [-0.25, -0.2) is 9.78 Å². The molecule has 0 radical (unpaired) electrons. The molecule has 39 heavy (non-hydrogen) atoms. The second-order valence-electron chi connectivity index (χ2n) is 9.78. The van der Waals surface area contributed by atoms with E-state index in [1.54, 1.807) is 6.20 Å². The van der Waals surface area contributed by atoms with Crippen molar-refractivity contribution in [1.82, 2.24) is 30.9 Å². The van der Waals surface area contributed by atoms with Gasteiger partial charge in [0.15, 0.2) is 0 Å². The molecular formula is C26H35N7O5S. The van der Waals surface area contributed by atoms with Crippen molar-refractivity contribution in [2.45, 2.75) is 57.3 Å². The molecule has 210 valence electrons. The number of carboxylic acids is 1. The number of fused-ring (bicyclic) bond motifs is 1. The first-order valence-electron chi connectivity index (χ1n) is 12.6. The fraction of sp³-hybridized carbons (Fsp3) is 0.423. The molecule has 0 bridgehead atoms. The highest BCUT2D eigenvalue weighted by Crippen LogP contribution is 2.19. The summed E-state index contributed by atoms with van der Waals surface area (Å²) >= 11 is 4.07. The van der Waals surface area contributed by atoms with Gasteiger partial charge < -0.3 is 36.8 Å². The van der Waals surface area contributed by atoms with E-state index in [1.165, 1.54) is 12.5 Å². The van der Waals surface area contributed by atoms with Crippen LogP contribution in [0.2, 0.25) is 0 Å². The summed E-state index contributed by atoms with van der Waals surface area (Å²) in [7, 11) is 0. The van der Waals surface area contributed by atoms with E-state index in [0.717, 1.165) is 16.5 Å². The van der Waals surface area contributed by atoms with E-state index < -0.39 is 47.9 Å². The van der Waals surface area contributed by atoms with E-state index in [0.29, 0.717) is 5.69 Å². The Bertz CT molecular complexity index is 1280. The Hall–Kier alpha value is -3.84. The Balaban J connectivity index is 1.80. The fourth-order valence-corrected chi connectivity index (χ4v) is 4.32. The number of carbonyl (C=O) groups excluding carboxylic acids is 3. The van der Waals surface area contributed by atoms with Gasteiger partial charge in [0.1, 0.15) is 18.1 Å². The molecule has 0 fully saturated rings. The molecule has 0 saturated carbocycles. The number of hydrogen-bond donors (Lipinski definition) is 8. The minimum absolute atomic E-state index is 0.00352. The first-order valence-corrected chi connectivity index (χ1v) is 13.2. The lowest BCUT2D eigenvalue weighted by molar-refractivity contribution is -0.142. The average Bonchev–Trinajstić information content (AvgIpc) is 3.56. The van der Waals surface area contributed by atoms with Crippen LogP contribution < -0.4 is 21.7 Å². The third-order valence-corrected chi connectivity index (χ3v) is 6.59. The smallest absolute Gasteiger partial charge is 0.326 e. The van der Waals surface area contributed by atoms with Crippen LogP contribution in [0.15, 0.2) is 43.0 Å². The number of rotatable bonds is 14. The van der Waals surface area contributed by atoms with Gasteiger partial charge in [-0.3, -0.25) is 14.4 Å². The molecule has 8 N–H and O–H groups in total. The highest BCUT2D eigenvalue weighted by Gasteiger charge is 2.31. The van der Waals surface area contributed by atoms with Crippen molar-refractivity contribution in [2.75, 3.05) is 5.75 Å². The zero-order chi connectivity index (χ0) is 28.5. The maximum Gasteiger partial charge on any atom is 0.326 e. The van der Waals surface area contributed by atoms with Gasteiger partial charge in [-0.15, -0.1) is 0 Å². The Labute approximate surface area is 231 Å². The molecule has 4 unspecified atom stereocenters. The number of carbonyl (C=O) groups is 4. The number of carboxylic acid groups (broad SMARTS) is 1. The molecule has 3 aromatic rings. The van der Waals surface area contributed by atoms with Crippen LogP contribution in [0.25, 0.3) is 10.9 Å². The van der Waals surface area contributed by atoms with E-state index in [1.807, 2.05) is 38.1 Å². The summed E-state index contributed by atoms with van der Waals surface area (Å²) in [6.45, 7) is 3.76. The zero-order valence-corrected chi connectivity index (χ0v) is 22.7. The zero-order valence-electron chi connectivity index (χ0n) is 21.8. The molecule has 12 nitrogen and oxygen atoms in total. The van der Waals surface area contributed by atoms with Crippen LogP contribution in [0.1, 0.15) is 31.5 Å². The summed E-state index contributed by atoms with van der Waals surface area (Å²) in [6.07, 6.45) is 5.03. The Morgan fingerprint density at radius 1 is 0.974 bits per heavy atom. The first kappa shape index (κ1) is 29.7. The number of nitrogens with zero attached hydrogens (tertiary/aromatic N) is 1. The number of para-hydroxylation sites is 1. The van der Waals surface area contributed by atoms with E-state index >= 15 is 0 Å². The minimum atomic E-state index is -1.24. The second kappa shape index (κ2) is 13.8. The predicted octanol–water partition coefficient (Wildman–Crippen LogP) is 0.518. The van der Waals surface area contributed by atoms with Crippen LogP contribution in [0.3, 0.4) is 0 Å². The Kier molecular flexibility index (Phi) is 10.5. The van der Waals surface area contributed by atoms with Crippen LogP contribution in [-0.2, 0) is 32.0 Å². The Morgan fingerprint density at radius 3 is 2.28 bits per heavy atom. The van der Waals surface area contributed by atoms with Crippen LogP contribution in [0.5, 0.6) is 0 Å². The summed E-state index contributed by atoms with van der Waals surface area (Å²) in [5.41, 5.74) is 8.03. The maximum absolute atomic E-state index is 13.5. The molecule has 0 aliphatic heterocycles. The molecule has 1 aromatic carbocycles. The number of aromatic nitrogens is 3. The number of nitrogens with two attached hydrogens (primary N) is 1. The highest BCUT2D eigenvalue weighted by molar-refractivity contribution is 7.80. The third kappa shape index (κ3) is 8.32. The summed E-state index contributed by atoms with van der Waals surface area (Å²) in [6, 6.07) is 3.29. The quantitative estimate of drug-likeness (QED) is 0.132. The van der Waals surface area contributed by atoms with Gasteiger partial charge in [0.25, 0.3) is 0 Å². The van der Waals surface area contributed by atoms with Gasteiger partial charge in [0.2, 0.25) is 17.7 Å². The number of hydrogen-bond acceptors (Lipinski definition) is 7. The van der Waals surface area contributed by atoms with Crippen LogP contribution >= 0.6 is 12.6 Å². The van der Waals surface area contributed by atoms with E-state index in [-0.39, 0.29) is 30.9 Å². The van der Waals surface area contributed by atoms with Crippen molar-refractivity contribution < 1.29 is 24.3 Å². The number of thiol groups is 1. The van der Waals surface area contributed by atoms with Crippen molar-refractivity contribution in [2.24, 2.45) is 11.7 Å². The minimum Gasteiger partial charge on any atom is -0.480 e. The lowest BCUT2D eigenvalue weighted by atomic mass is 10.00. The normalized spacial score (nSPS) is 14.4. The topological polar surface area (TPSA) is 195 Å². The van der Waals surface area contributed by atoms with Gasteiger partial charge in [-0.05, 0) is 24.0 Å². The molecular weight excluding hydrogens is 522 g/mol. The molecule has 13 heteroatoms. The monoisotopic (exact) mass is 557 g/mol. The number of imidazole rings is 1. The van der Waals surface area contributed by atoms with E-state index in [4.69, 9.17) is 5.73 Å². The molecule has 0 aliphatic carbocycles. The number of H-pyrrole nitrogens is 2. The van der Waals surface area contributed by atoms with Crippen molar-refractivity contribution >= 4 is 47.2 Å². The average molecular weight is 558 g/mol. The van der Waals surface area contributed by atoms with Crippen LogP contribution in [-0.4, -0.2) is 73.7 Å². The maximum atomic E-state index is 13.5. The second-order valence-corrected chi connectivity index (χ2v) is 10.2. The molecule has 3 amide bonds. The molecule has 2 aromatic heterocycles. The largest absolute Gasteiger partial charge is 0.480 e. The number of aliphatic carboxylic acids is 1. The number of amides is 3. The van der Waals surface area contributed by atoms with E-state index in [2.05, 4.69) is 43.5 Å². The van der Waals surface area contributed by atoms with Gasteiger partial charge in [-0.2, -0.15) is 12.6 Å². The molecule has 2 heterocycles. The Morgan fingerprint density at radius 2 is 1.64 bits per heavy atom. The van der Waals surface area contributed by atoms with Crippen LogP contribution in [0, 0.1) is 5.92 Å². The summed E-state index contributed by atoms with van der Waals surface area (Å²) < 4.78 is 0. The lowest BCUT2D eigenvalue weighted by Gasteiger charge is -2.26. The summed E-state index contributed by atoms with van der Waals surface area (Å²) in [4.78, 5) is 61.0. The number of benzene rings is 1. The standard InChI is InChI=1S/C26H35N7O5S/c1-14(2)7-20(24(35)33-22(26(37)38)9-16-11-28-13-30-16)32-25(36)21(31-23(34)18(27)12-39)8-15-10-29-19-6-4-3-5-17(15)19/h3-6,10-11,13-14,18,20-22,29,39H,7-9,12,27H2,1-2H3,(H,28,30)(H,31,34)(H,32,36)(H,33,35)(H,37,38). The van der Waals surface area contributed by atoms with Crippen molar-refractivity contribution in [3.05, 3.63) is 54.2 Å². The molecule has 4 atom stereocenters. The number of nitrogens with one attached hydrogen (secondary N) is 5. The predicted molar refractivity (Wildman–Crippen MR) is 149 cm³/mol. The molecule has 0 aliphatic rings. The van der Waals surface area contributed by atoms with Crippen molar-refractivity contribution in [1.29, 1.82) is 0 Å². The van der Waals surface area contributed by atoms with Crippen molar-refractivity contribution in [3.63, 3.8) is 0 Å². The SMILES string of the molecule is CC(C)CC(NC(=O)C(Cc1c[nH]c2ccccc12)NC(=O)C(N)CS)C(=O)NC(Cc1cnc[nH]1)C(=O)O. The third-order valence-electron chi connectivity index (χ3n) is 6.20. The fourth-order valence-electron chi connectivity index (χ4n) is 4.16. The molecule has 0 saturated heterocycles. The summed E-state index contributed by atoms with van der Waals surface area (Å²) in [5.74, 6) is -2.94. The van der Waals surface area contributed by atoms with Gasteiger partial charge in [0, 0.05) is 47.6 Å². The molecule has 0 spiro atoms. The number of aromatic amines is 2.